The minimum Gasteiger partial charge on any atom is -0.368 e. The van der Waals surface area contributed by atoms with E-state index in [0.29, 0.717) is 11.8 Å². The molecular formula is C19H28N4O2. The van der Waals surface area contributed by atoms with Crippen molar-refractivity contribution in [2.24, 2.45) is 5.92 Å². The minimum absolute atomic E-state index is 0.161. The van der Waals surface area contributed by atoms with Crippen molar-refractivity contribution in [3.05, 3.63) is 24.3 Å². The van der Waals surface area contributed by atoms with Crippen LogP contribution < -0.4 is 15.5 Å². The van der Waals surface area contributed by atoms with Crippen LogP contribution >= 0.6 is 0 Å². The highest BCUT2D eigenvalue weighted by atomic mass is 16.2. The van der Waals surface area contributed by atoms with Crippen LogP contribution in [-0.2, 0) is 4.79 Å². The van der Waals surface area contributed by atoms with E-state index >= 15 is 0 Å². The van der Waals surface area contributed by atoms with Gasteiger partial charge in [0.05, 0.1) is 0 Å². The molecule has 1 saturated carbocycles. The second kappa shape index (κ2) is 7.76. The van der Waals surface area contributed by atoms with Gasteiger partial charge in [0, 0.05) is 49.5 Å². The van der Waals surface area contributed by atoms with Crippen molar-refractivity contribution in [3.63, 3.8) is 0 Å². The number of carbonyl (C=O) groups is 2. The Hall–Kier alpha value is -2.24. The van der Waals surface area contributed by atoms with Gasteiger partial charge in [0.2, 0.25) is 5.91 Å². The SMILES string of the molecule is CCC(C)NC(=O)Nc1ccc(N2CCN(C(=O)C3CC3)CC2)cc1. The third-order valence-electron chi connectivity index (χ3n) is 5.00. The zero-order chi connectivity index (χ0) is 17.8. The topological polar surface area (TPSA) is 64.7 Å². The molecule has 6 nitrogen and oxygen atoms in total. The number of carbonyl (C=O) groups excluding carboxylic acids is 2. The number of urea groups is 1. The fourth-order valence-electron chi connectivity index (χ4n) is 3.02. The lowest BCUT2D eigenvalue weighted by Crippen LogP contribution is -2.49. The van der Waals surface area contributed by atoms with E-state index in [2.05, 4.69) is 15.5 Å². The van der Waals surface area contributed by atoms with E-state index in [9.17, 15) is 9.59 Å². The van der Waals surface area contributed by atoms with Gasteiger partial charge in [-0.25, -0.2) is 4.79 Å². The highest BCUT2D eigenvalue weighted by Gasteiger charge is 2.34. The Balaban J connectivity index is 1.49. The normalized spacial score (nSPS) is 18.6. The second-order valence-corrected chi connectivity index (χ2v) is 7.04. The molecule has 1 unspecified atom stereocenters. The summed E-state index contributed by atoms with van der Waals surface area (Å²) in [5, 5.41) is 5.74. The molecule has 1 heterocycles. The molecule has 1 aromatic rings. The molecule has 2 fully saturated rings. The first-order valence-electron chi connectivity index (χ1n) is 9.28. The van der Waals surface area contributed by atoms with E-state index < -0.39 is 0 Å². The fraction of sp³-hybridized carbons (Fsp3) is 0.579. The maximum atomic E-state index is 12.1. The summed E-state index contributed by atoms with van der Waals surface area (Å²) in [6.45, 7) is 7.34. The number of rotatable bonds is 5. The first-order valence-corrected chi connectivity index (χ1v) is 9.28. The summed E-state index contributed by atoms with van der Waals surface area (Å²) in [6, 6.07) is 7.89. The van der Waals surface area contributed by atoms with Gasteiger partial charge in [-0.2, -0.15) is 0 Å². The van der Waals surface area contributed by atoms with Crippen LogP contribution in [0.2, 0.25) is 0 Å². The average molecular weight is 344 g/mol. The third kappa shape index (κ3) is 4.65. The standard InChI is InChI=1S/C19H28N4O2/c1-3-14(2)20-19(25)21-16-6-8-17(9-7-16)22-10-12-23(13-11-22)18(24)15-4-5-15/h6-9,14-15H,3-5,10-13H2,1-2H3,(H2,20,21,25). The summed E-state index contributed by atoms with van der Waals surface area (Å²) in [7, 11) is 0. The first kappa shape index (κ1) is 17.6. The molecule has 1 atom stereocenters. The van der Waals surface area contributed by atoms with Gasteiger partial charge in [0.25, 0.3) is 0 Å². The Kier molecular flexibility index (Phi) is 5.46. The largest absolute Gasteiger partial charge is 0.368 e. The van der Waals surface area contributed by atoms with Crippen LogP contribution in [0.25, 0.3) is 0 Å². The number of amides is 3. The summed E-state index contributed by atoms with van der Waals surface area (Å²) in [5.74, 6) is 0.644. The molecule has 1 aliphatic heterocycles. The van der Waals surface area contributed by atoms with E-state index in [0.717, 1.165) is 56.8 Å². The third-order valence-corrected chi connectivity index (χ3v) is 5.00. The van der Waals surface area contributed by atoms with Gasteiger partial charge in [-0.05, 0) is 50.5 Å². The fourth-order valence-corrected chi connectivity index (χ4v) is 3.02. The Morgan fingerprint density at radius 2 is 1.76 bits per heavy atom. The van der Waals surface area contributed by atoms with E-state index in [4.69, 9.17) is 0 Å². The Morgan fingerprint density at radius 1 is 1.12 bits per heavy atom. The number of hydrogen-bond donors (Lipinski definition) is 2. The maximum absolute atomic E-state index is 12.1. The molecular weight excluding hydrogens is 316 g/mol. The van der Waals surface area contributed by atoms with Crippen LogP contribution in [0, 0.1) is 5.92 Å². The van der Waals surface area contributed by atoms with E-state index in [-0.39, 0.29) is 12.1 Å². The molecule has 6 heteroatoms. The molecule has 2 N–H and O–H groups in total. The number of nitrogens with one attached hydrogen (secondary N) is 2. The number of hydrogen-bond acceptors (Lipinski definition) is 3. The Bertz CT molecular complexity index is 604. The van der Waals surface area contributed by atoms with Gasteiger partial charge in [-0.15, -0.1) is 0 Å². The molecule has 0 bridgehead atoms. The summed E-state index contributed by atoms with van der Waals surface area (Å²) in [5.41, 5.74) is 1.92. The van der Waals surface area contributed by atoms with Gasteiger partial charge in [-0.1, -0.05) is 6.92 Å². The van der Waals surface area contributed by atoms with Crippen LogP contribution in [0.5, 0.6) is 0 Å². The molecule has 0 radical (unpaired) electrons. The Morgan fingerprint density at radius 3 is 2.32 bits per heavy atom. The molecule has 1 saturated heterocycles. The minimum atomic E-state index is -0.172. The lowest BCUT2D eigenvalue weighted by molar-refractivity contribution is -0.132. The van der Waals surface area contributed by atoms with Crippen molar-refractivity contribution < 1.29 is 9.59 Å². The average Bonchev–Trinajstić information content (AvgIpc) is 3.47. The maximum Gasteiger partial charge on any atom is 0.319 e. The number of benzene rings is 1. The smallest absolute Gasteiger partial charge is 0.319 e. The quantitative estimate of drug-likeness (QED) is 0.863. The lowest BCUT2D eigenvalue weighted by Gasteiger charge is -2.36. The van der Waals surface area contributed by atoms with E-state index in [1.807, 2.05) is 43.0 Å². The van der Waals surface area contributed by atoms with Crippen LogP contribution in [0.1, 0.15) is 33.1 Å². The van der Waals surface area contributed by atoms with Crippen molar-refractivity contribution in [1.82, 2.24) is 10.2 Å². The van der Waals surface area contributed by atoms with Gasteiger partial charge < -0.3 is 20.4 Å². The van der Waals surface area contributed by atoms with Crippen molar-refractivity contribution in [2.45, 2.75) is 39.2 Å². The van der Waals surface area contributed by atoms with Gasteiger partial charge in [0.15, 0.2) is 0 Å². The predicted molar refractivity (Wildman–Crippen MR) is 99.9 cm³/mol. The number of anilines is 2. The molecule has 3 amide bonds. The van der Waals surface area contributed by atoms with Crippen molar-refractivity contribution in [1.29, 1.82) is 0 Å². The van der Waals surface area contributed by atoms with Gasteiger partial charge in [-0.3, -0.25) is 4.79 Å². The number of piperazine rings is 1. The summed E-state index contributed by atoms with van der Waals surface area (Å²) in [6.07, 6.45) is 3.04. The molecule has 2 aliphatic rings. The van der Waals surface area contributed by atoms with E-state index in [1.165, 1.54) is 0 Å². The van der Waals surface area contributed by atoms with Crippen LogP contribution in [0.3, 0.4) is 0 Å². The molecule has 136 valence electrons. The highest BCUT2D eigenvalue weighted by Crippen LogP contribution is 2.31. The summed E-state index contributed by atoms with van der Waals surface area (Å²) in [4.78, 5) is 28.3. The monoisotopic (exact) mass is 344 g/mol. The summed E-state index contributed by atoms with van der Waals surface area (Å²) >= 11 is 0. The van der Waals surface area contributed by atoms with Gasteiger partial charge >= 0.3 is 6.03 Å². The second-order valence-electron chi connectivity index (χ2n) is 7.04. The van der Waals surface area contributed by atoms with E-state index in [1.54, 1.807) is 0 Å². The zero-order valence-electron chi connectivity index (χ0n) is 15.1. The van der Waals surface area contributed by atoms with Crippen LogP contribution in [0.4, 0.5) is 16.2 Å². The molecule has 1 aromatic carbocycles. The lowest BCUT2D eigenvalue weighted by atomic mass is 10.2. The number of nitrogens with zero attached hydrogens (tertiary/aromatic N) is 2. The van der Waals surface area contributed by atoms with Crippen molar-refractivity contribution >= 4 is 23.3 Å². The highest BCUT2D eigenvalue weighted by molar-refractivity contribution is 5.89. The first-order chi connectivity index (χ1) is 12.1. The van der Waals surface area contributed by atoms with Gasteiger partial charge in [0.1, 0.15) is 0 Å². The molecule has 1 aliphatic carbocycles. The summed E-state index contributed by atoms with van der Waals surface area (Å²) < 4.78 is 0. The van der Waals surface area contributed by atoms with Crippen molar-refractivity contribution in [2.75, 3.05) is 36.4 Å². The van der Waals surface area contributed by atoms with Crippen molar-refractivity contribution in [3.8, 4) is 0 Å². The van der Waals surface area contributed by atoms with Crippen LogP contribution in [-0.4, -0.2) is 49.1 Å². The zero-order valence-corrected chi connectivity index (χ0v) is 15.1. The molecule has 25 heavy (non-hydrogen) atoms. The Labute approximate surface area is 149 Å². The molecule has 3 rings (SSSR count). The molecule has 0 spiro atoms. The van der Waals surface area contributed by atoms with Crippen LogP contribution in [0.15, 0.2) is 24.3 Å². The predicted octanol–water partition coefficient (Wildman–Crippen LogP) is 2.67. The molecule has 0 aromatic heterocycles.